The number of halogens is 3. The van der Waals surface area contributed by atoms with Gasteiger partial charge in [-0.1, -0.05) is 23.2 Å². The standard InChI is InChI=1S/C15H16Cl2N4O2.ClH/c16-9-3-8(4-10(17)5-9)13(22)7-19-15(23)14-11-6-18-2-1-12(11)20-21-14;/h3-5,13,18,22H,1-2,6-7H2,(H,19,23)(H,20,21);1H. The van der Waals surface area contributed by atoms with Gasteiger partial charge in [-0.2, -0.15) is 5.10 Å². The number of carbonyl (C=O) groups is 1. The number of hydrogen-bond donors (Lipinski definition) is 4. The third kappa shape index (κ3) is 4.20. The number of aliphatic hydroxyl groups excluding tert-OH is 1. The third-order valence-electron chi connectivity index (χ3n) is 3.75. The molecule has 0 radical (unpaired) electrons. The van der Waals surface area contributed by atoms with Crippen molar-refractivity contribution in [3.05, 3.63) is 50.8 Å². The molecule has 0 saturated heterocycles. The van der Waals surface area contributed by atoms with E-state index in [2.05, 4.69) is 20.8 Å². The molecule has 2 aromatic rings. The predicted molar refractivity (Wildman–Crippen MR) is 95.0 cm³/mol. The first-order valence-electron chi connectivity index (χ1n) is 7.23. The molecule has 3 rings (SSSR count). The van der Waals surface area contributed by atoms with E-state index in [1.165, 1.54) is 0 Å². The lowest BCUT2D eigenvalue weighted by Gasteiger charge is -2.14. The molecule has 0 bridgehead atoms. The molecule has 1 aromatic carbocycles. The number of amides is 1. The second kappa shape index (κ2) is 8.18. The van der Waals surface area contributed by atoms with E-state index in [1.54, 1.807) is 18.2 Å². The molecular formula is C15H17Cl3N4O2. The van der Waals surface area contributed by atoms with Gasteiger partial charge < -0.3 is 15.7 Å². The molecule has 2 heterocycles. The number of aromatic amines is 1. The lowest BCUT2D eigenvalue weighted by atomic mass is 10.1. The van der Waals surface area contributed by atoms with Crippen LogP contribution in [0.4, 0.5) is 0 Å². The Kier molecular flexibility index (Phi) is 6.48. The molecule has 9 heteroatoms. The molecule has 1 unspecified atom stereocenters. The van der Waals surface area contributed by atoms with Crippen LogP contribution < -0.4 is 10.6 Å². The fourth-order valence-electron chi connectivity index (χ4n) is 2.57. The zero-order valence-electron chi connectivity index (χ0n) is 12.6. The van der Waals surface area contributed by atoms with Gasteiger partial charge in [-0.25, -0.2) is 0 Å². The van der Waals surface area contributed by atoms with E-state index in [1.807, 2.05) is 0 Å². The number of nitrogens with zero attached hydrogens (tertiary/aromatic N) is 1. The van der Waals surface area contributed by atoms with E-state index in [9.17, 15) is 9.90 Å². The molecule has 6 nitrogen and oxygen atoms in total. The van der Waals surface area contributed by atoms with E-state index in [0.717, 1.165) is 24.2 Å². The summed E-state index contributed by atoms with van der Waals surface area (Å²) in [5.41, 5.74) is 2.78. The van der Waals surface area contributed by atoms with Crippen molar-refractivity contribution in [2.45, 2.75) is 19.1 Å². The summed E-state index contributed by atoms with van der Waals surface area (Å²) in [6.45, 7) is 1.52. The molecule has 1 atom stereocenters. The van der Waals surface area contributed by atoms with Crippen molar-refractivity contribution < 1.29 is 9.90 Å². The molecule has 0 saturated carbocycles. The SMILES string of the molecule is Cl.O=C(NCC(O)c1cc(Cl)cc(Cl)c1)c1n[nH]c2c1CNCC2. The van der Waals surface area contributed by atoms with Gasteiger partial charge >= 0.3 is 0 Å². The van der Waals surface area contributed by atoms with Gasteiger partial charge in [0.1, 0.15) is 0 Å². The molecule has 0 fully saturated rings. The van der Waals surface area contributed by atoms with Crippen molar-refractivity contribution in [2.24, 2.45) is 0 Å². The highest BCUT2D eigenvalue weighted by Crippen LogP contribution is 2.23. The maximum atomic E-state index is 12.3. The number of hydrogen-bond acceptors (Lipinski definition) is 4. The second-order valence-corrected chi connectivity index (χ2v) is 6.26. The Bertz CT molecular complexity index is 715. The maximum Gasteiger partial charge on any atom is 0.272 e. The van der Waals surface area contributed by atoms with Gasteiger partial charge in [0.05, 0.1) is 6.10 Å². The Balaban J connectivity index is 0.00000208. The summed E-state index contributed by atoms with van der Waals surface area (Å²) in [6, 6.07) is 4.82. The fraction of sp³-hybridized carbons (Fsp3) is 0.333. The number of carbonyl (C=O) groups excluding carboxylic acids is 1. The molecule has 1 aliphatic rings. The summed E-state index contributed by atoms with van der Waals surface area (Å²) in [6.07, 6.45) is -0.0813. The van der Waals surface area contributed by atoms with Gasteiger partial charge in [0.25, 0.3) is 5.91 Å². The van der Waals surface area contributed by atoms with Crippen molar-refractivity contribution in [2.75, 3.05) is 13.1 Å². The van der Waals surface area contributed by atoms with Crippen LogP contribution in [0.5, 0.6) is 0 Å². The predicted octanol–water partition coefficient (Wildman–Crippen LogP) is 2.25. The van der Waals surface area contributed by atoms with Gasteiger partial charge in [-0.15, -0.1) is 12.4 Å². The van der Waals surface area contributed by atoms with Gasteiger partial charge in [0.2, 0.25) is 0 Å². The highest BCUT2D eigenvalue weighted by atomic mass is 35.5. The minimum atomic E-state index is -0.900. The minimum absolute atomic E-state index is 0. The van der Waals surface area contributed by atoms with Crippen molar-refractivity contribution in [3.8, 4) is 0 Å². The van der Waals surface area contributed by atoms with Crippen molar-refractivity contribution >= 4 is 41.5 Å². The zero-order chi connectivity index (χ0) is 16.4. The minimum Gasteiger partial charge on any atom is -0.387 e. The quantitative estimate of drug-likeness (QED) is 0.643. The number of aromatic nitrogens is 2. The summed E-state index contributed by atoms with van der Waals surface area (Å²) in [4.78, 5) is 12.3. The molecule has 4 N–H and O–H groups in total. The Hall–Kier alpha value is -1.31. The molecule has 24 heavy (non-hydrogen) atoms. The first-order chi connectivity index (χ1) is 11.0. The summed E-state index contributed by atoms with van der Waals surface area (Å²) < 4.78 is 0. The van der Waals surface area contributed by atoms with Crippen LogP contribution in [0.3, 0.4) is 0 Å². The van der Waals surface area contributed by atoms with Gasteiger partial charge in [-0.05, 0) is 23.8 Å². The first kappa shape index (κ1) is 19.0. The van der Waals surface area contributed by atoms with Crippen molar-refractivity contribution in [3.63, 3.8) is 0 Å². The summed E-state index contributed by atoms with van der Waals surface area (Å²) in [5.74, 6) is -0.321. The van der Waals surface area contributed by atoms with Crippen LogP contribution in [-0.2, 0) is 13.0 Å². The summed E-state index contributed by atoms with van der Waals surface area (Å²) in [7, 11) is 0. The monoisotopic (exact) mass is 390 g/mol. The summed E-state index contributed by atoms with van der Waals surface area (Å²) >= 11 is 11.8. The highest BCUT2D eigenvalue weighted by Gasteiger charge is 2.22. The van der Waals surface area contributed by atoms with E-state index in [-0.39, 0.29) is 24.9 Å². The first-order valence-corrected chi connectivity index (χ1v) is 7.99. The number of nitrogens with one attached hydrogen (secondary N) is 3. The Morgan fingerprint density at radius 3 is 2.75 bits per heavy atom. The number of H-pyrrole nitrogens is 1. The van der Waals surface area contributed by atoms with Crippen molar-refractivity contribution in [1.29, 1.82) is 0 Å². The molecule has 1 aromatic heterocycles. The third-order valence-corrected chi connectivity index (χ3v) is 4.18. The molecule has 1 aliphatic heterocycles. The van der Waals surface area contributed by atoms with E-state index in [4.69, 9.17) is 23.2 Å². The van der Waals surface area contributed by atoms with Crippen LogP contribution in [0.15, 0.2) is 18.2 Å². The van der Waals surface area contributed by atoms with Crippen LogP contribution in [0.2, 0.25) is 10.0 Å². The van der Waals surface area contributed by atoms with Gasteiger partial charge in [0.15, 0.2) is 5.69 Å². The van der Waals surface area contributed by atoms with E-state index in [0.29, 0.717) is 27.8 Å². The largest absolute Gasteiger partial charge is 0.387 e. The summed E-state index contributed by atoms with van der Waals surface area (Å²) in [5, 5.41) is 23.9. The second-order valence-electron chi connectivity index (χ2n) is 5.38. The highest BCUT2D eigenvalue weighted by molar-refractivity contribution is 6.34. The molecule has 130 valence electrons. The molecular weight excluding hydrogens is 375 g/mol. The molecule has 0 spiro atoms. The Labute approximate surface area is 155 Å². The topological polar surface area (TPSA) is 90.0 Å². The Morgan fingerprint density at radius 1 is 1.33 bits per heavy atom. The zero-order valence-corrected chi connectivity index (χ0v) is 14.9. The maximum absolute atomic E-state index is 12.3. The number of aliphatic hydroxyl groups is 1. The number of benzene rings is 1. The van der Waals surface area contributed by atoms with Crippen LogP contribution in [0, 0.1) is 0 Å². The molecule has 0 aliphatic carbocycles. The lowest BCUT2D eigenvalue weighted by Crippen LogP contribution is -2.31. The number of fused-ring (bicyclic) bond motifs is 1. The van der Waals surface area contributed by atoms with Crippen LogP contribution in [-0.4, -0.2) is 34.3 Å². The normalized spacial score (nSPS) is 14.5. The van der Waals surface area contributed by atoms with Crippen LogP contribution in [0.25, 0.3) is 0 Å². The lowest BCUT2D eigenvalue weighted by molar-refractivity contribution is 0.0910. The number of rotatable bonds is 4. The van der Waals surface area contributed by atoms with Gasteiger partial charge in [-0.3, -0.25) is 9.89 Å². The average molecular weight is 392 g/mol. The fourth-order valence-corrected chi connectivity index (χ4v) is 3.11. The van der Waals surface area contributed by atoms with Crippen LogP contribution >= 0.6 is 35.6 Å². The van der Waals surface area contributed by atoms with Crippen molar-refractivity contribution in [1.82, 2.24) is 20.8 Å². The van der Waals surface area contributed by atoms with Gasteiger partial charge in [0, 0.05) is 47.4 Å². The Morgan fingerprint density at radius 2 is 2.04 bits per heavy atom. The molecule has 1 amide bonds. The van der Waals surface area contributed by atoms with Crippen LogP contribution in [0.1, 0.15) is 33.4 Å². The van der Waals surface area contributed by atoms with E-state index < -0.39 is 6.10 Å². The smallest absolute Gasteiger partial charge is 0.272 e. The van der Waals surface area contributed by atoms with E-state index >= 15 is 0 Å². The average Bonchev–Trinajstić information content (AvgIpc) is 2.95.